The minimum Gasteiger partial charge on any atom is -0.496 e. The van der Waals surface area contributed by atoms with Gasteiger partial charge in [-0.25, -0.2) is 4.79 Å². The van der Waals surface area contributed by atoms with Gasteiger partial charge in [0.2, 0.25) is 17.7 Å². The zero-order valence-corrected chi connectivity index (χ0v) is 30.5. The number of nitrogens with one attached hydrogen (secondary N) is 3. The minimum absolute atomic E-state index is 0.00443. The molecule has 0 radical (unpaired) electrons. The molecule has 1 aliphatic rings. The standard InChI is InChI=1S/C36H43N5O9S/c1-22(42)37-19-30(44)41(20-31(45)49-21-23-11-9-8-10-12-23)32-28(48-7)16-14-26-34(32)51-33-24(27(47-6)15-13-25(33)40(26)5)17-38-29(43)18-39-35(46)50-36(2,3)4/h8-16H,17-21H2,1-7H3,(H,37,42)(H,38,43)(H,39,46). The maximum absolute atomic E-state index is 13.8. The smallest absolute Gasteiger partial charge is 0.408 e. The first-order valence-electron chi connectivity index (χ1n) is 16.0. The number of anilines is 3. The molecule has 4 rings (SSSR count). The van der Waals surface area contributed by atoms with Crippen LogP contribution >= 0.6 is 11.8 Å². The highest BCUT2D eigenvalue weighted by Crippen LogP contribution is 2.56. The highest BCUT2D eigenvalue weighted by atomic mass is 32.2. The molecule has 3 N–H and O–H groups in total. The molecule has 3 aromatic carbocycles. The van der Waals surface area contributed by atoms with E-state index < -0.39 is 41.9 Å². The molecule has 15 heteroatoms. The van der Waals surface area contributed by atoms with Crippen molar-refractivity contribution in [3.63, 3.8) is 0 Å². The molecule has 0 atom stereocenters. The van der Waals surface area contributed by atoms with Crippen LogP contribution < -0.4 is 35.2 Å². The van der Waals surface area contributed by atoms with Crippen LogP contribution in [-0.2, 0) is 41.8 Å². The molecule has 272 valence electrons. The summed E-state index contributed by atoms with van der Waals surface area (Å²) in [6.45, 7) is 5.34. The zero-order chi connectivity index (χ0) is 37.3. The molecule has 0 aliphatic carbocycles. The van der Waals surface area contributed by atoms with Crippen molar-refractivity contribution in [1.82, 2.24) is 16.0 Å². The molecule has 14 nitrogen and oxygen atoms in total. The van der Waals surface area contributed by atoms with Crippen LogP contribution in [0.25, 0.3) is 0 Å². The predicted molar refractivity (Wildman–Crippen MR) is 192 cm³/mol. The average molecular weight is 722 g/mol. The van der Waals surface area contributed by atoms with Gasteiger partial charge in [-0.05, 0) is 50.6 Å². The van der Waals surface area contributed by atoms with E-state index in [9.17, 15) is 24.0 Å². The molecule has 0 spiro atoms. The lowest BCUT2D eigenvalue weighted by atomic mass is 10.1. The van der Waals surface area contributed by atoms with Gasteiger partial charge in [0.25, 0.3) is 0 Å². The van der Waals surface area contributed by atoms with Crippen molar-refractivity contribution < 1.29 is 42.9 Å². The van der Waals surface area contributed by atoms with Crippen molar-refractivity contribution in [1.29, 1.82) is 0 Å². The molecule has 51 heavy (non-hydrogen) atoms. The van der Waals surface area contributed by atoms with Gasteiger partial charge < -0.3 is 39.8 Å². The van der Waals surface area contributed by atoms with Crippen molar-refractivity contribution in [2.45, 2.75) is 56.2 Å². The lowest BCUT2D eigenvalue weighted by molar-refractivity contribution is -0.144. The summed E-state index contributed by atoms with van der Waals surface area (Å²) in [6.07, 6.45) is -0.718. The van der Waals surface area contributed by atoms with E-state index >= 15 is 0 Å². The van der Waals surface area contributed by atoms with E-state index in [2.05, 4.69) is 16.0 Å². The quantitative estimate of drug-likeness (QED) is 0.216. The fourth-order valence-corrected chi connectivity index (χ4v) is 6.54. The first-order chi connectivity index (χ1) is 24.2. The van der Waals surface area contributed by atoms with Crippen molar-refractivity contribution in [3.05, 3.63) is 65.7 Å². The lowest BCUT2D eigenvalue weighted by Crippen LogP contribution is -2.43. The third kappa shape index (κ3) is 10.1. The molecule has 0 saturated carbocycles. The second-order valence-electron chi connectivity index (χ2n) is 12.4. The van der Waals surface area contributed by atoms with Gasteiger partial charge in [-0.15, -0.1) is 0 Å². The number of carbonyl (C=O) groups excluding carboxylic acids is 5. The molecule has 1 aliphatic heterocycles. The Hall–Kier alpha value is -5.44. The normalized spacial score (nSPS) is 11.7. The number of benzene rings is 3. The third-order valence-electron chi connectivity index (χ3n) is 7.48. The van der Waals surface area contributed by atoms with Gasteiger partial charge in [0, 0.05) is 31.0 Å². The number of methoxy groups -OCH3 is 2. The Morgan fingerprint density at radius 3 is 2.10 bits per heavy atom. The molecule has 0 bridgehead atoms. The molecule has 0 fully saturated rings. The third-order valence-corrected chi connectivity index (χ3v) is 8.75. The van der Waals surface area contributed by atoms with E-state index in [1.165, 1.54) is 37.8 Å². The Morgan fingerprint density at radius 1 is 0.824 bits per heavy atom. The number of ether oxygens (including phenoxy) is 4. The molecule has 1 heterocycles. The van der Waals surface area contributed by atoms with Gasteiger partial charge in [-0.2, -0.15) is 0 Å². The van der Waals surface area contributed by atoms with Crippen LogP contribution in [0, 0.1) is 0 Å². The Balaban J connectivity index is 1.68. The number of amides is 4. The summed E-state index contributed by atoms with van der Waals surface area (Å²) < 4.78 is 22.2. The monoisotopic (exact) mass is 721 g/mol. The number of hydrogen-bond donors (Lipinski definition) is 3. The van der Waals surface area contributed by atoms with Crippen molar-refractivity contribution in [2.75, 3.05) is 50.7 Å². The maximum Gasteiger partial charge on any atom is 0.408 e. The van der Waals surface area contributed by atoms with Gasteiger partial charge in [0.05, 0.1) is 37.0 Å². The summed E-state index contributed by atoms with van der Waals surface area (Å²) >= 11 is 1.31. The van der Waals surface area contributed by atoms with Crippen molar-refractivity contribution in [3.8, 4) is 11.5 Å². The lowest BCUT2D eigenvalue weighted by Gasteiger charge is -2.35. The van der Waals surface area contributed by atoms with Gasteiger partial charge in [0.1, 0.15) is 42.5 Å². The van der Waals surface area contributed by atoms with E-state index in [0.717, 1.165) is 11.3 Å². The highest BCUT2D eigenvalue weighted by molar-refractivity contribution is 8.00. The van der Waals surface area contributed by atoms with Crippen LogP contribution in [0.2, 0.25) is 0 Å². The number of fused-ring (bicyclic) bond motifs is 2. The van der Waals surface area contributed by atoms with E-state index in [1.54, 1.807) is 32.9 Å². The molecule has 0 unspecified atom stereocenters. The first-order valence-corrected chi connectivity index (χ1v) is 16.8. The number of esters is 1. The number of alkyl carbamates (subject to hydrolysis) is 1. The van der Waals surface area contributed by atoms with E-state index in [4.69, 9.17) is 18.9 Å². The topological polar surface area (TPSA) is 165 Å². The maximum atomic E-state index is 13.8. The molecule has 0 saturated heterocycles. The largest absolute Gasteiger partial charge is 0.496 e. The van der Waals surface area contributed by atoms with Gasteiger partial charge in [-0.3, -0.25) is 24.1 Å². The summed E-state index contributed by atoms with van der Waals surface area (Å²) in [6, 6.07) is 16.4. The summed E-state index contributed by atoms with van der Waals surface area (Å²) in [5.41, 5.74) is 2.49. The Bertz CT molecular complexity index is 1780. The van der Waals surface area contributed by atoms with E-state index in [1.807, 2.05) is 54.4 Å². The van der Waals surface area contributed by atoms with Crippen molar-refractivity contribution in [2.24, 2.45) is 0 Å². The molecule has 0 aromatic heterocycles. The number of rotatable bonds is 13. The number of hydrogen-bond acceptors (Lipinski definition) is 11. The fraction of sp³-hybridized carbons (Fsp3) is 0.361. The predicted octanol–water partition coefficient (Wildman–Crippen LogP) is 4.29. The number of nitrogens with zero attached hydrogens (tertiary/aromatic N) is 2. The van der Waals surface area contributed by atoms with Crippen LogP contribution in [0.5, 0.6) is 11.5 Å². The van der Waals surface area contributed by atoms with Crippen LogP contribution in [-0.4, -0.2) is 76.3 Å². The van der Waals surface area contributed by atoms with Gasteiger partial charge >= 0.3 is 12.1 Å². The fourth-order valence-electron chi connectivity index (χ4n) is 5.11. The van der Waals surface area contributed by atoms with Gasteiger partial charge in [-0.1, -0.05) is 42.1 Å². The average Bonchev–Trinajstić information content (AvgIpc) is 3.09. The van der Waals surface area contributed by atoms with Gasteiger partial charge in [0.15, 0.2) is 0 Å². The van der Waals surface area contributed by atoms with Crippen LogP contribution in [0.4, 0.5) is 21.9 Å². The Morgan fingerprint density at radius 2 is 1.47 bits per heavy atom. The second-order valence-corrected chi connectivity index (χ2v) is 13.4. The number of carbonyl (C=O) groups is 5. The molecular formula is C36H43N5O9S. The zero-order valence-electron chi connectivity index (χ0n) is 29.7. The summed E-state index contributed by atoms with van der Waals surface area (Å²) in [5.74, 6) is -1.32. The van der Waals surface area contributed by atoms with Crippen molar-refractivity contribution >= 4 is 58.6 Å². The molecule has 3 aromatic rings. The summed E-state index contributed by atoms with van der Waals surface area (Å²) in [4.78, 5) is 68.2. The first kappa shape index (κ1) is 38.4. The summed E-state index contributed by atoms with van der Waals surface area (Å²) in [7, 11) is 4.82. The minimum atomic E-state index is -0.718. The highest BCUT2D eigenvalue weighted by Gasteiger charge is 2.33. The summed E-state index contributed by atoms with van der Waals surface area (Å²) in [5, 5.41) is 7.79. The molecular weight excluding hydrogens is 678 g/mol. The van der Waals surface area contributed by atoms with E-state index in [-0.39, 0.29) is 26.2 Å². The Kier molecular flexibility index (Phi) is 12.8. The van der Waals surface area contributed by atoms with E-state index in [0.29, 0.717) is 38.2 Å². The van der Waals surface area contributed by atoms with Crippen LogP contribution in [0.1, 0.15) is 38.8 Å². The van der Waals surface area contributed by atoms with Crippen LogP contribution in [0.15, 0.2) is 64.4 Å². The SMILES string of the molecule is COc1ccc2c(c1CNC(=O)CNC(=O)OC(C)(C)C)Sc1c(ccc(OC)c1N(CC(=O)OCc1ccccc1)C(=O)CNC(C)=O)N2C. The van der Waals surface area contributed by atoms with Crippen LogP contribution in [0.3, 0.4) is 0 Å². The Labute approximate surface area is 301 Å². The molecule has 4 amide bonds. The second kappa shape index (κ2) is 17.0.